The number of hydrogen-bond acceptors (Lipinski definition) is 2. The van der Waals surface area contributed by atoms with Crippen molar-refractivity contribution in [1.29, 1.82) is 0 Å². The van der Waals surface area contributed by atoms with E-state index in [0.29, 0.717) is 12.1 Å². The van der Waals surface area contributed by atoms with Crippen LogP contribution in [0.2, 0.25) is 0 Å². The van der Waals surface area contributed by atoms with Gasteiger partial charge in [0.2, 0.25) is 0 Å². The molecule has 0 aliphatic heterocycles. The van der Waals surface area contributed by atoms with Gasteiger partial charge in [-0.2, -0.15) is 0 Å². The van der Waals surface area contributed by atoms with Crippen molar-refractivity contribution in [2.24, 2.45) is 0 Å². The smallest absolute Gasteiger partial charge is 0.0724 e. The van der Waals surface area contributed by atoms with Gasteiger partial charge in [-0.1, -0.05) is 45.0 Å². The monoisotopic (exact) mass is 261 g/mol. The van der Waals surface area contributed by atoms with Crippen LogP contribution in [0, 0.1) is 0 Å². The van der Waals surface area contributed by atoms with Crippen LogP contribution in [-0.2, 0) is 16.7 Å². The first-order chi connectivity index (χ1) is 9.00. The number of nitrogens with one attached hydrogen (secondary N) is 1. The fourth-order valence-corrected chi connectivity index (χ4v) is 2.81. The van der Waals surface area contributed by atoms with Crippen LogP contribution >= 0.6 is 0 Å². The molecule has 2 unspecified atom stereocenters. The molecule has 1 aromatic carbocycles. The first kappa shape index (κ1) is 14.5. The lowest BCUT2D eigenvalue weighted by molar-refractivity contribution is 0.0847. The van der Waals surface area contributed by atoms with Crippen LogP contribution in [0.1, 0.15) is 51.2 Å². The van der Waals surface area contributed by atoms with Gasteiger partial charge < -0.3 is 10.1 Å². The van der Waals surface area contributed by atoms with Gasteiger partial charge in [-0.05, 0) is 35.8 Å². The van der Waals surface area contributed by atoms with Crippen LogP contribution in [0.3, 0.4) is 0 Å². The average Bonchev–Trinajstić information content (AvgIpc) is 2.83. The van der Waals surface area contributed by atoms with Gasteiger partial charge in [0.25, 0.3) is 0 Å². The Labute approximate surface area is 117 Å². The normalized spacial score (nSPS) is 23.8. The molecule has 2 heteroatoms. The van der Waals surface area contributed by atoms with Crippen LogP contribution in [0.4, 0.5) is 0 Å². The minimum absolute atomic E-state index is 0.235. The Bertz CT molecular complexity index is 391. The molecule has 2 nitrogen and oxygen atoms in total. The van der Waals surface area contributed by atoms with Crippen LogP contribution in [0.15, 0.2) is 24.3 Å². The van der Waals surface area contributed by atoms with E-state index in [4.69, 9.17) is 4.74 Å². The topological polar surface area (TPSA) is 21.3 Å². The van der Waals surface area contributed by atoms with Gasteiger partial charge in [-0.15, -0.1) is 0 Å². The summed E-state index contributed by atoms with van der Waals surface area (Å²) in [6.45, 7) is 7.70. The van der Waals surface area contributed by atoms with E-state index in [0.717, 1.165) is 6.54 Å². The van der Waals surface area contributed by atoms with Gasteiger partial charge in [0.1, 0.15) is 0 Å². The standard InChI is InChI=1S/C17H27NO/c1-17(2,3)14-10-8-13(9-11-14)12-18-15-6-5-7-16(15)19-4/h8-11,15-16,18H,5-7,12H2,1-4H3. The average molecular weight is 261 g/mol. The summed E-state index contributed by atoms with van der Waals surface area (Å²) < 4.78 is 5.51. The number of ether oxygens (including phenoxy) is 1. The van der Waals surface area contributed by atoms with Crippen molar-refractivity contribution in [2.75, 3.05) is 7.11 Å². The summed E-state index contributed by atoms with van der Waals surface area (Å²) in [5.74, 6) is 0. The highest BCUT2D eigenvalue weighted by atomic mass is 16.5. The van der Waals surface area contributed by atoms with Crippen LogP contribution < -0.4 is 5.32 Å². The Morgan fingerprint density at radius 1 is 1.16 bits per heavy atom. The maximum Gasteiger partial charge on any atom is 0.0724 e. The van der Waals surface area contributed by atoms with E-state index >= 15 is 0 Å². The third kappa shape index (κ3) is 3.80. The summed E-state index contributed by atoms with van der Waals surface area (Å²) in [4.78, 5) is 0. The molecule has 0 aromatic heterocycles. The lowest BCUT2D eigenvalue weighted by Crippen LogP contribution is -2.36. The summed E-state index contributed by atoms with van der Waals surface area (Å²) in [5, 5.41) is 3.63. The molecule has 2 atom stereocenters. The molecular weight excluding hydrogens is 234 g/mol. The fourth-order valence-electron chi connectivity index (χ4n) is 2.81. The molecule has 0 amide bonds. The van der Waals surface area contributed by atoms with Crippen LogP contribution in [-0.4, -0.2) is 19.3 Å². The highest BCUT2D eigenvalue weighted by Gasteiger charge is 2.26. The second kappa shape index (κ2) is 6.06. The number of hydrogen-bond donors (Lipinski definition) is 1. The van der Waals surface area contributed by atoms with E-state index < -0.39 is 0 Å². The van der Waals surface area contributed by atoms with Gasteiger partial charge in [-0.25, -0.2) is 0 Å². The number of rotatable bonds is 4. The second-order valence-electron chi connectivity index (χ2n) is 6.64. The lowest BCUT2D eigenvalue weighted by atomic mass is 9.87. The van der Waals surface area contributed by atoms with Crippen molar-refractivity contribution in [2.45, 2.75) is 64.1 Å². The zero-order valence-electron chi connectivity index (χ0n) is 12.7. The Kier molecular flexibility index (Phi) is 4.64. The predicted molar refractivity (Wildman–Crippen MR) is 80.4 cm³/mol. The molecule has 1 aliphatic carbocycles. The van der Waals surface area contributed by atoms with Crippen molar-refractivity contribution < 1.29 is 4.74 Å². The van der Waals surface area contributed by atoms with E-state index in [1.165, 1.54) is 30.4 Å². The van der Waals surface area contributed by atoms with Crippen LogP contribution in [0.5, 0.6) is 0 Å². The Morgan fingerprint density at radius 2 is 1.84 bits per heavy atom. The minimum atomic E-state index is 0.235. The second-order valence-corrected chi connectivity index (χ2v) is 6.64. The quantitative estimate of drug-likeness (QED) is 0.893. The maximum absolute atomic E-state index is 5.51. The zero-order chi connectivity index (χ0) is 13.9. The van der Waals surface area contributed by atoms with Gasteiger partial charge in [0.15, 0.2) is 0 Å². The van der Waals surface area contributed by atoms with Gasteiger partial charge >= 0.3 is 0 Å². The Balaban J connectivity index is 1.90. The molecule has 1 N–H and O–H groups in total. The zero-order valence-corrected chi connectivity index (χ0v) is 12.7. The molecule has 1 saturated carbocycles. The lowest BCUT2D eigenvalue weighted by Gasteiger charge is -2.21. The van der Waals surface area contributed by atoms with E-state index in [9.17, 15) is 0 Å². The fraction of sp³-hybridized carbons (Fsp3) is 0.647. The SMILES string of the molecule is COC1CCCC1NCc1ccc(C(C)(C)C)cc1. The molecule has 19 heavy (non-hydrogen) atoms. The van der Waals surface area contributed by atoms with Crippen LogP contribution in [0.25, 0.3) is 0 Å². The molecule has 1 aliphatic rings. The number of methoxy groups -OCH3 is 1. The van der Waals surface area contributed by atoms with E-state index in [1.54, 1.807) is 0 Å². The molecule has 106 valence electrons. The highest BCUT2D eigenvalue weighted by Crippen LogP contribution is 2.23. The summed E-state index contributed by atoms with van der Waals surface area (Å²) >= 11 is 0. The minimum Gasteiger partial charge on any atom is -0.380 e. The van der Waals surface area contributed by atoms with Crippen molar-refractivity contribution in [3.05, 3.63) is 35.4 Å². The van der Waals surface area contributed by atoms with Gasteiger partial charge in [0.05, 0.1) is 6.10 Å². The molecule has 0 saturated heterocycles. The molecule has 1 fully saturated rings. The van der Waals surface area contributed by atoms with Crippen molar-refractivity contribution in [3.63, 3.8) is 0 Å². The molecular formula is C17H27NO. The van der Waals surface area contributed by atoms with E-state index in [2.05, 4.69) is 50.4 Å². The maximum atomic E-state index is 5.51. The summed E-state index contributed by atoms with van der Waals surface area (Å²) in [6.07, 6.45) is 4.10. The first-order valence-electron chi connectivity index (χ1n) is 7.36. The summed E-state index contributed by atoms with van der Waals surface area (Å²) in [5.41, 5.74) is 2.99. The summed E-state index contributed by atoms with van der Waals surface area (Å²) in [6, 6.07) is 9.50. The molecule has 2 rings (SSSR count). The Hall–Kier alpha value is -0.860. The first-order valence-corrected chi connectivity index (χ1v) is 7.36. The highest BCUT2D eigenvalue weighted by molar-refractivity contribution is 5.27. The third-order valence-corrected chi connectivity index (χ3v) is 4.14. The van der Waals surface area contributed by atoms with E-state index in [1.807, 2.05) is 7.11 Å². The van der Waals surface area contributed by atoms with Gasteiger partial charge in [-0.3, -0.25) is 0 Å². The third-order valence-electron chi connectivity index (χ3n) is 4.14. The molecule has 0 bridgehead atoms. The largest absolute Gasteiger partial charge is 0.380 e. The van der Waals surface area contributed by atoms with Crippen molar-refractivity contribution >= 4 is 0 Å². The molecule has 0 spiro atoms. The number of benzene rings is 1. The Morgan fingerprint density at radius 3 is 2.42 bits per heavy atom. The van der Waals surface area contributed by atoms with Gasteiger partial charge in [0, 0.05) is 19.7 Å². The predicted octanol–water partition coefficient (Wildman–Crippen LogP) is 3.64. The van der Waals surface area contributed by atoms with Crippen molar-refractivity contribution in [1.82, 2.24) is 5.32 Å². The van der Waals surface area contributed by atoms with E-state index in [-0.39, 0.29) is 5.41 Å². The molecule has 1 aromatic rings. The molecule has 0 radical (unpaired) electrons. The van der Waals surface area contributed by atoms with Crippen molar-refractivity contribution in [3.8, 4) is 0 Å². The molecule has 0 heterocycles. The summed E-state index contributed by atoms with van der Waals surface area (Å²) in [7, 11) is 1.82.